The van der Waals surface area contributed by atoms with Crippen molar-refractivity contribution >= 4 is 17.5 Å². The average Bonchev–Trinajstić information content (AvgIpc) is 2.66. The van der Waals surface area contributed by atoms with Gasteiger partial charge in [0.05, 0.1) is 6.61 Å². The van der Waals surface area contributed by atoms with Crippen LogP contribution < -0.4 is 14.8 Å². The van der Waals surface area contributed by atoms with E-state index in [-0.39, 0.29) is 42.7 Å². The number of hydrogen-bond donors (Lipinski definition) is 1. The van der Waals surface area contributed by atoms with E-state index in [1.165, 1.54) is 18.3 Å². The Labute approximate surface area is 163 Å². The van der Waals surface area contributed by atoms with Crippen LogP contribution in [0.4, 0.5) is 23.4 Å². The summed E-state index contributed by atoms with van der Waals surface area (Å²) in [6.07, 6.45) is -2.90. The fraction of sp³-hybridized carbons (Fsp3) is 0.316. The highest BCUT2D eigenvalue weighted by atomic mass is 19.4. The molecule has 1 aromatic heterocycles. The molecule has 0 bridgehead atoms. The Morgan fingerprint density at radius 3 is 2.59 bits per heavy atom. The number of alkyl halides is 3. The van der Waals surface area contributed by atoms with Gasteiger partial charge in [-0.3, -0.25) is 9.59 Å². The number of halogens is 4. The number of rotatable bonds is 9. The van der Waals surface area contributed by atoms with Crippen LogP contribution in [0.1, 0.15) is 36.5 Å². The Morgan fingerprint density at radius 2 is 1.93 bits per heavy atom. The van der Waals surface area contributed by atoms with E-state index in [1.54, 1.807) is 6.92 Å². The zero-order valence-corrected chi connectivity index (χ0v) is 15.4. The van der Waals surface area contributed by atoms with Gasteiger partial charge in [-0.15, -0.1) is 13.2 Å². The highest BCUT2D eigenvalue weighted by Crippen LogP contribution is 2.28. The largest absolute Gasteiger partial charge is 0.573 e. The average molecular weight is 414 g/mol. The lowest BCUT2D eigenvalue weighted by atomic mass is 10.1. The van der Waals surface area contributed by atoms with Crippen LogP contribution in [0.5, 0.6) is 11.5 Å². The second-order valence-corrected chi connectivity index (χ2v) is 5.85. The number of aromatic nitrogens is 1. The van der Waals surface area contributed by atoms with Crippen LogP contribution in [0, 0.1) is 5.82 Å². The summed E-state index contributed by atoms with van der Waals surface area (Å²) in [5.74, 6) is -2.32. The van der Waals surface area contributed by atoms with Crippen molar-refractivity contribution in [1.29, 1.82) is 0 Å². The number of Topliss-reactive ketones (excluding diaryl/α,β-unsaturated/α-hetero) is 1. The van der Waals surface area contributed by atoms with Gasteiger partial charge in [-0.05, 0) is 30.7 Å². The third kappa shape index (κ3) is 7.40. The summed E-state index contributed by atoms with van der Waals surface area (Å²) in [6.45, 7) is 1.74. The van der Waals surface area contributed by atoms with Crippen LogP contribution in [-0.4, -0.2) is 29.6 Å². The molecule has 0 unspecified atom stereocenters. The van der Waals surface area contributed by atoms with Crippen molar-refractivity contribution in [3.05, 3.63) is 47.9 Å². The predicted molar refractivity (Wildman–Crippen MR) is 95.3 cm³/mol. The van der Waals surface area contributed by atoms with E-state index < -0.39 is 17.9 Å². The summed E-state index contributed by atoms with van der Waals surface area (Å²) in [5.41, 5.74) is 0.367. The molecule has 0 aliphatic carbocycles. The number of carbonyl (C=O) groups excluding carboxylic acids is 2. The molecule has 0 aliphatic rings. The minimum absolute atomic E-state index is 0.0120. The van der Waals surface area contributed by atoms with Gasteiger partial charge in [0, 0.05) is 30.7 Å². The molecule has 29 heavy (non-hydrogen) atoms. The van der Waals surface area contributed by atoms with Gasteiger partial charge in [0.15, 0.2) is 17.3 Å². The summed E-state index contributed by atoms with van der Waals surface area (Å²) in [6, 6.07) is 5.70. The minimum Gasteiger partial charge on any atom is -0.493 e. The molecule has 0 fully saturated rings. The lowest BCUT2D eigenvalue weighted by Crippen LogP contribution is -2.17. The maximum atomic E-state index is 13.6. The van der Waals surface area contributed by atoms with Crippen molar-refractivity contribution in [3.8, 4) is 11.5 Å². The molecule has 10 heteroatoms. The zero-order chi connectivity index (χ0) is 21.4. The smallest absolute Gasteiger partial charge is 0.493 e. The van der Waals surface area contributed by atoms with Gasteiger partial charge >= 0.3 is 6.36 Å². The van der Waals surface area contributed by atoms with Gasteiger partial charge in [-0.2, -0.15) is 0 Å². The number of anilines is 1. The maximum absolute atomic E-state index is 13.6. The molecule has 0 spiro atoms. The van der Waals surface area contributed by atoms with E-state index in [2.05, 4.69) is 15.0 Å². The number of ketones is 1. The molecule has 2 aromatic rings. The van der Waals surface area contributed by atoms with Crippen molar-refractivity contribution in [2.45, 2.75) is 32.5 Å². The fourth-order valence-electron chi connectivity index (χ4n) is 2.25. The van der Waals surface area contributed by atoms with E-state index in [4.69, 9.17) is 4.74 Å². The topological polar surface area (TPSA) is 77.5 Å². The third-order valence-electron chi connectivity index (χ3n) is 3.62. The Balaban J connectivity index is 1.83. The Morgan fingerprint density at radius 1 is 1.17 bits per heavy atom. The molecule has 1 N–H and O–H groups in total. The van der Waals surface area contributed by atoms with Gasteiger partial charge < -0.3 is 14.8 Å². The first kappa shape index (κ1) is 22.1. The summed E-state index contributed by atoms with van der Waals surface area (Å²) in [7, 11) is 0. The van der Waals surface area contributed by atoms with Gasteiger partial charge in [-0.25, -0.2) is 9.37 Å². The normalized spacial score (nSPS) is 11.1. The zero-order valence-electron chi connectivity index (χ0n) is 15.4. The summed E-state index contributed by atoms with van der Waals surface area (Å²) in [4.78, 5) is 27.6. The van der Waals surface area contributed by atoms with Gasteiger partial charge in [0.25, 0.3) is 0 Å². The number of carbonyl (C=O) groups is 2. The molecule has 1 heterocycles. The van der Waals surface area contributed by atoms with Crippen molar-refractivity contribution in [2.24, 2.45) is 0 Å². The second-order valence-electron chi connectivity index (χ2n) is 5.85. The molecule has 0 saturated heterocycles. The summed E-state index contributed by atoms with van der Waals surface area (Å²) in [5, 5.41) is 2.56. The van der Waals surface area contributed by atoms with Gasteiger partial charge in [0.1, 0.15) is 11.6 Å². The molecule has 1 amide bonds. The van der Waals surface area contributed by atoms with Crippen LogP contribution >= 0.6 is 0 Å². The first-order valence-corrected chi connectivity index (χ1v) is 8.65. The lowest BCUT2D eigenvalue weighted by Gasteiger charge is -2.11. The number of pyridine rings is 1. The number of nitrogens with zero attached hydrogens (tertiary/aromatic N) is 1. The molecule has 0 radical (unpaired) electrons. The van der Waals surface area contributed by atoms with Gasteiger partial charge in [-0.1, -0.05) is 6.92 Å². The number of amides is 1. The summed E-state index contributed by atoms with van der Waals surface area (Å²) < 4.78 is 58.7. The van der Waals surface area contributed by atoms with E-state index in [1.807, 2.05) is 0 Å². The SMILES string of the molecule is CCC(=O)Nc1cc(C(=O)CCCOc2ccc(OC(F)(F)F)c(F)c2)ccn1. The van der Waals surface area contributed by atoms with Gasteiger partial charge in [0.2, 0.25) is 5.91 Å². The predicted octanol–water partition coefficient (Wildman–Crippen LogP) is 4.51. The quantitative estimate of drug-likeness (QED) is 0.371. The Hall–Kier alpha value is -3.17. The molecule has 0 saturated carbocycles. The molecule has 6 nitrogen and oxygen atoms in total. The highest BCUT2D eigenvalue weighted by molar-refractivity contribution is 5.97. The molecule has 0 aliphatic heterocycles. The molecule has 1 aromatic carbocycles. The van der Waals surface area contributed by atoms with E-state index >= 15 is 0 Å². The standard InChI is InChI=1S/C19H18F4N2O4/c1-2-18(27)25-17-10-12(7-8-24-17)15(26)4-3-9-28-13-5-6-16(14(20)11-13)29-19(21,22)23/h5-8,10-11H,2-4,9H2,1H3,(H,24,25,27). The summed E-state index contributed by atoms with van der Waals surface area (Å²) >= 11 is 0. The molecular weight excluding hydrogens is 396 g/mol. The fourth-order valence-corrected chi connectivity index (χ4v) is 2.25. The van der Waals surface area contributed by atoms with Crippen LogP contribution in [0.25, 0.3) is 0 Å². The second kappa shape index (κ2) is 9.85. The monoisotopic (exact) mass is 414 g/mol. The number of nitrogens with one attached hydrogen (secondary N) is 1. The Kier molecular flexibility index (Phi) is 7.52. The van der Waals surface area contributed by atoms with Crippen LogP contribution in [0.2, 0.25) is 0 Å². The first-order valence-electron chi connectivity index (χ1n) is 8.65. The maximum Gasteiger partial charge on any atom is 0.573 e. The molecule has 0 atom stereocenters. The van der Waals surface area contributed by atoms with E-state index in [9.17, 15) is 27.2 Å². The first-order chi connectivity index (χ1) is 13.7. The number of hydrogen-bond acceptors (Lipinski definition) is 5. The number of benzene rings is 1. The van der Waals surface area contributed by atoms with Crippen LogP contribution in [0.15, 0.2) is 36.5 Å². The molecule has 156 valence electrons. The van der Waals surface area contributed by atoms with Crippen molar-refractivity contribution in [3.63, 3.8) is 0 Å². The van der Waals surface area contributed by atoms with Crippen LogP contribution in [0.3, 0.4) is 0 Å². The van der Waals surface area contributed by atoms with Crippen molar-refractivity contribution in [2.75, 3.05) is 11.9 Å². The van der Waals surface area contributed by atoms with Crippen molar-refractivity contribution < 1.29 is 36.6 Å². The minimum atomic E-state index is -4.99. The van der Waals surface area contributed by atoms with Crippen LogP contribution in [-0.2, 0) is 4.79 Å². The highest BCUT2D eigenvalue weighted by Gasteiger charge is 2.32. The molecular formula is C19H18F4N2O4. The van der Waals surface area contributed by atoms with Crippen molar-refractivity contribution in [1.82, 2.24) is 4.98 Å². The third-order valence-corrected chi connectivity index (χ3v) is 3.62. The van der Waals surface area contributed by atoms with E-state index in [0.717, 1.165) is 18.2 Å². The number of ether oxygens (including phenoxy) is 2. The van der Waals surface area contributed by atoms with E-state index in [0.29, 0.717) is 12.0 Å². The lowest BCUT2D eigenvalue weighted by molar-refractivity contribution is -0.275. The Bertz CT molecular complexity index is 872. The molecule has 2 rings (SSSR count).